The number of alkyl halides is 3. The summed E-state index contributed by atoms with van der Waals surface area (Å²) >= 11 is 0. The second kappa shape index (κ2) is 12.4. The van der Waals surface area contributed by atoms with Crippen LogP contribution in [0.4, 0.5) is 24.7 Å². The van der Waals surface area contributed by atoms with Crippen LogP contribution in [-0.4, -0.2) is 72.5 Å². The van der Waals surface area contributed by atoms with E-state index in [-0.39, 0.29) is 19.4 Å². The summed E-state index contributed by atoms with van der Waals surface area (Å²) in [6.45, 7) is 8.12. The predicted octanol–water partition coefficient (Wildman–Crippen LogP) is 5.05. The third kappa shape index (κ3) is 7.59. The summed E-state index contributed by atoms with van der Waals surface area (Å²) in [5.41, 5.74) is 1.77. The average Bonchev–Trinajstić information content (AvgIpc) is 3.09. The van der Waals surface area contributed by atoms with E-state index < -0.39 is 11.7 Å². The quantitative estimate of drug-likeness (QED) is 0.596. The molecule has 6 nitrogen and oxygen atoms in total. The molecule has 2 aliphatic rings. The molecule has 3 heterocycles. The molecular formula is C27H38F3N5O. The lowest BCUT2D eigenvalue weighted by Crippen LogP contribution is -2.43. The second-order valence-electron chi connectivity index (χ2n) is 9.50. The van der Waals surface area contributed by atoms with Crippen molar-refractivity contribution in [2.75, 3.05) is 56.0 Å². The Morgan fingerprint density at radius 2 is 1.72 bits per heavy atom. The van der Waals surface area contributed by atoms with E-state index in [4.69, 9.17) is 0 Å². The lowest BCUT2D eigenvalue weighted by Gasteiger charge is -2.33. The lowest BCUT2D eigenvalue weighted by molar-refractivity contribution is -0.137. The molecule has 2 fully saturated rings. The Labute approximate surface area is 212 Å². The number of amides is 1. The van der Waals surface area contributed by atoms with Gasteiger partial charge in [-0.15, -0.1) is 0 Å². The Hall–Kier alpha value is -2.81. The summed E-state index contributed by atoms with van der Waals surface area (Å²) in [7, 11) is 0. The maximum absolute atomic E-state index is 12.8. The van der Waals surface area contributed by atoms with E-state index in [1.54, 1.807) is 0 Å². The molecule has 0 atom stereocenters. The van der Waals surface area contributed by atoms with E-state index in [1.165, 1.54) is 17.3 Å². The number of pyridine rings is 1. The molecule has 2 saturated heterocycles. The monoisotopic (exact) mass is 505 g/mol. The smallest absolute Gasteiger partial charge is 0.370 e. The maximum Gasteiger partial charge on any atom is 0.417 e. The molecule has 0 aliphatic carbocycles. The van der Waals surface area contributed by atoms with Gasteiger partial charge in [0.25, 0.3) is 0 Å². The molecule has 0 unspecified atom stereocenters. The van der Waals surface area contributed by atoms with E-state index in [1.807, 2.05) is 4.90 Å². The van der Waals surface area contributed by atoms with Crippen LogP contribution in [0.15, 0.2) is 42.6 Å². The number of carbonyl (C=O) groups is 1. The average molecular weight is 506 g/mol. The SMILES string of the molecule is C.Cc1ccc(N2CCCN(CCC(=O)N3CCC(Nc4ccc(C(F)(F)F)cn4)CC3)CC2)cc1. The Kier molecular flexibility index (Phi) is 9.59. The molecule has 1 amide bonds. The second-order valence-corrected chi connectivity index (χ2v) is 9.50. The van der Waals surface area contributed by atoms with Gasteiger partial charge in [0.15, 0.2) is 0 Å². The van der Waals surface area contributed by atoms with Crippen LogP contribution in [0.1, 0.15) is 44.2 Å². The highest BCUT2D eigenvalue weighted by Gasteiger charge is 2.31. The zero-order valence-electron chi connectivity index (χ0n) is 20.2. The van der Waals surface area contributed by atoms with Gasteiger partial charge < -0.3 is 20.0 Å². The number of likely N-dealkylation sites (tertiary alicyclic amines) is 1. The van der Waals surface area contributed by atoms with Gasteiger partial charge in [0.1, 0.15) is 5.82 Å². The number of nitrogens with one attached hydrogen (secondary N) is 1. The zero-order valence-corrected chi connectivity index (χ0v) is 20.2. The third-order valence-corrected chi connectivity index (χ3v) is 6.92. The standard InChI is InChI=1S/C26H34F3N5O.CH4/c1-20-3-6-23(7-4-20)33-13-2-12-32(17-18-33)14-11-25(35)34-15-9-22(10-16-34)31-24-8-5-21(19-30-24)26(27,28)29;/h3-8,19,22H,2,9-18H2,1H3,(H,30,31);1H4. The van der Waals surface area contributed by atoms with Crippen molar-refractivity contribution in [3.8, 4) is 0 Å². The van der Waals surface area contributed by atoms with Gasteiger partial charge in [-0.05, 0) is 57.0 Å². The minimum atomic E-state index is -4.38. The minimum Gasteiger partial charge on any atom is -0.370 e. The van der Waals surface area contributed by atoms with Crippen LogP contribution < -0.4 is 10.2 Å². The highest BCUT2D eigenvalue weighted by atomic mass is 19.4. The van der Waals surface area contributed by atoms with Gasteiger partial charge in [0.05, 0.1) is 5.56 Å². The van der Waals surface area contributed by atoms with Crippen LogP contribution in [0, 0.1) is 6.92 Å². The topological polar surface area (TPSA) is 51.7 Å². The number of anilines is 2. The largest absolute Gasteiger partial charge is 0.417 e. The number of halogens is 3. The number of aryl methyl sites for hydroxylation is 1. The van der Waals surface area contributed by atoms with E-state index in [9.17, 15) is 18.0 Å². The zero-order chi connectivity index (χ0) is 24.8. The number of nitrogens with zero attached hydrogens (tertiary/aromatic N) is 4. The first-order valence-electron chi connectivity index (χ1n) is 12.4. The first-order valence-corrected chi connectivity index (χ1v) is 12.4. The molecule has 2 aromatic rings. The molecule has 0 radical (unpaired) electrons. The summed E-state index contributed by atoms with van der Waals surface area (Å²) in [6, 6.07) is 11.2. The van der Waals surface area contributed by atoms with Crippen LogP contribution in [0.3, 0.4) is 0 Å². The number of piperidine rings is 1. The Balaban J connectivity index is 0.00000361. The minimum absolute atomic E-state index is 0. The first kappa shape index (κ1) is 27.8. The fourth-order valence-corrected chi connectivity index (χ4v) is 4.75. The number of benzene rings is 1. The molecule has 198 valence electrons. The summed E-state index contributed by atoms with van der Waals surface area (Å²) in [5, 5.41) is 3.20. The van der Waals surface area contributed by atoms with Gasteiger partial charge >= 0.3 is 6.18 Å². The van der Waals surface area contributed by atoms with E-state index in [0.29, 0.717) is 25.3 Å². The highest BCUT2D eigenvalue weighted by molar-refractivity contribution is 5.76. The fourth-order valence-electron chi connectivity index (χ4n) is 4.75. The molecule has 9 heteroatoms. The highest BCUT2D eigenvalue weighted by Crippen LogP contribution is 2.29. The number of hydrogen-bond acceptors (Lipinski definition) is 5. The van der Waals surface area contributed by atoms with Gasteiger partial charge in [-0.1, -0.05) is 25.1 Å². The molecule has 4 rings (SSSR count). The van der Waals surface area contributed by atoms with Crippen LogP contribution in [-0.2, 0) is 11.0 Å². The predicted molar refractivity (Wildman–Crippen MR) is 138 cm³/mol. The summed E-state index contributed by atoms with van der Waals surface area (Å²) < 4.78 is 38.1. The van der Waals surface area contributed by atoms with Crippen LogP contribution >= 0.6 is 0 Å². The van der Waals surface area contributed by atoms with Crippen molar-refractivity contribution in [1.29, 1.82) is 0 Å². The maximum atomic E-state index is 12.8. The van der Waals surface area contributed by atoms with Crippen molar-refractivity contribution in [2.24, 2.45) is 0 Å². The molecule has 1 aromatic heterocycles. The van der Waals surface area contributed by atoms with E-state index in [2.05, 4.69) is 51.3 Å². The van der Waals surface area contributed by atoms with Crippen molar-refractivity contribution in [3.63, 3.8) is 0 Å². The van der Waals surface area contributed by atoms with Crippen molar-refractivity contribution < 1.29 is 18.0 Å². The number of carbonyl (C=O) groups excluding carboxylic acids is 1. The third-order valence-electron chi connectivity index (χ3n) is 6.92. The van der Waals surface area contributed by atoms with Crippen LogP contribution in [0.25, 0.3) is 0 Å². The number of rotatable bonds is 6. The van der Waals surface area contributed by atoms with Gasteiger partial charge in [-0.3, -0.25) is 4.79 Å². The number of hydrogen-bond donors (Lipinski definition) is 1. The Morgan fingerprint density at radius 1 is 1.00 bits per heavy atom. The van der Waals surface area contributed by atoms with Gasteiger partial charge in [-0.2, -0.15) is 13.2 Å². The van der Waals surface area contributed by atoms with Crippen LogP contribution in [0.2, 0.25) is 0 Å². The summed E-state index contributed by atoms with van der Waals surface area (Å²) in [6.07, 6.45) is -0.428. The van der Waals surface area contributed by atoms with E-state index in [0.717, 1.165) is 64.2 Å². The molecular weight excluding hydrogens is 467 g/mol. The van der Waals surface area contributed by atoms with Gasteiger partial charge in [0.2, 0.25) is 5.91 Å². The van der Waals surface area contributed by atoms with Crippen LogP contribution in [0.5, 0.6) is 0 Å². The van der Waals surface area contributed by atoms with Crippen molar-refractivity contribution in [2.45, 2.75) is 52.3 Å². The Morgan fingerprint density at radius 3 is 2.36 bits per heavy atom. The molecule has 0 bridgehead atoms. The molecule has 1 aromatic carbocycles. The Bertz CT molecular complexity index is 957. The molecule has 2 aliphatic heterocycles. The lowest BCUT2D eigenvalue weighted by atomic mass is 10.0. The fraction of sp³-hybridized carbons (Fsp3) is 0.556. The van der Waals surface area contributed by atoms with Crippen molar-refractivity contribution in [1.82, 2.24) is 14.8 Å². The summed E-state index contributed by atoms with van der Waals surface area (Å²) in [5.74, 6) is 0.611. The molecule has 1 N–H and O–H groups in total. The molecule has 0 spiro atoms. The van der Waals surface area contributed by atoms with Gasteiger partial charge in [-0.25, -0.2) is 4.98 Å². The summed E-state index contributed by atoms with van der Waals surface area (Å²) in [4.78, 5) is 23.4. The first-order chi connectivity index (χ1) is 16.8. The molecule has 0 saturated carbocycles. The van der Waals surface area contributed by atoms with Gasteiger partial charge in [0, 0.05) is 63.6 Å². The van der Waals surface area contributed by atoms with Crippen molar-refractivity contribution in [3.05, 3.63) is 53.7 Å². The van der Waals surface area contributed by atoms with Crippen molar-refractivity contribution >= 4 is 17.4 Å². The normalized spacial score (nSPS) is 17.9. The number of aromatic nitrogens is 1. The van der Waals surface area contributed by atoms with E-state index >= 15 is 0 Å². The molecule has 36 heavy (non-hydrogen) atoms.